The molecule has 1 unspecified atom stereocenters. The van der Waals surface area contributed by atoms with Crippen molar-refractivity contribution in [2.45, 2.75) is 25.4 Å². The Labute approximate surface area is 123 Å². The standard InChI is InChI=1S/C15H19N5O/c1-19-12(6-8-18-19)11-17-14-5-3-9-20(15(14)21)13-4-2-7-16-10-13/h2,4,6-8,10,14,17H,3,5,9,11H2,1H3. The number of carbonyl (C=O) groups excluding carboxylic acids is 1. The third-order valence-corrected chi connectivity index (χ3v) is 3.85. The average molecular weight is 285 g/mol. The number of hydrogen-bond acceptors (Lipinski definition) is 4. The van der Waals surface area contributed by atoms with Crippen LogP contribution in [-0.2, 0) is 18.4 Å². The molecule has 2 aromatic rings. The van der Waals surface area contributed by atoms with Crippen molar-refractivity contribution >= 4 is 11.6 Å². The second-order valence-corrected chi connectivity index (χ2v) is 5.22. The number of anilines is 1. The lowest BCUT2D eigenvalue weighted by atomic mass is 10.0. The van der Waals surface area contributed by atoms with Crippen molar-refractivity contribution in [1.29, 1.82) is 0 Å². The summed E-state index contributed by atoms with van der Waals surface area (Å²) in [4.78, 5) is 18.5. The van der Waals surface area contributed by atoms with Crippen molar-refractivity contribution in [1.82, 2.24) is 20.1 Å². The number of hydrogen-bond donors (Lipinski definition) is 1. The van der Waals surface area contributed by atoms with Gasteiger partial charge >= 0.3 is 0 Å². The van der Waals surface area contributed by atoms with Crippen LogP contribution in [0.4, 0.5) is 5.69 Å². The number of aromatic nitrogens is 3. The van der Waals surface area contributed by atoms with Crippen molar-refractivity contribution in [3.63, 3.8) is 0 Å². The second kappa shape index (κ2) is 6.05. The molecule has 6 nitrogen and oxygen atoms in total. The van der Waals surface area contributed by atoms with E-state index in [1.165, 1.54) is 0 Å². The SMILES string of the molecule is Cn1nccc1CNC1CCCN(c2cccnc2)C1=O. The third kappa shape index (κ3) is 2.95. The summed E-state index contributed by atoms with van der Waals surface area (Å²) < 4.78 is 1.82. The van der Waals surface area contributed by atoms with E-state index < -0.39 is 0 Å². The first kappa shape index (κ1) is 13.8. The lowest BCUT2D eigenvalue weighted by Crippen LogP contribution is -2.50. The van der Waals surface area contributed by atoms with Gasteiger partial charge in [0.25, 0.3) is 0 Å². The summed E-state index contributed by atoms with van der Waals surface area (Å²) in [6.45, 7) is 1.40. The minimum atomic E-state index is -0.145. The molecule has 0 saturated carbocycles. The second-order valence-electron chi connectivity index (χ2n) is 5.22. The summed E-state index contributed by atoms with van der Waals surface area (Å²) in [7, 11) is 1.90. The van der Waals surface area contributed by atoms with Crippen molar-refractivity contribution in [2.24, 2.45) is 7.05 Å². The molecular weight excluding hydrogens is 266 g/mol. The zero-order chi connectivity index (χ0) is 14.7. The highest BCUT2D eigenvalue weighted by atomic mass is 16.2. The van der Waals surface area contributed by atoms with E-state index in [0.29, 0.717) is 6.54 Å². The maximum atomic E-state index is 12.6. The van der Waals surface area contributed by atoms with Crippen LogP contribution in [0.3, 0.4) is 0 Å². The molecule has 1 aliphatic heterocycles. The molecule has 1 N–H and O–H groups in total. The molecule has 1 fully saturated rings. The number of carbonyl (C=O) groups is 1. The minimum absolute atomic E-state index is 0.122. The summed E-state index contributed by atoms with van der Waals surface area (Å²) in [5.74, 6) is 0.122. The van der Waals surface area contributed by atoms with Gasteiger partial charge in [-0.1, -0.05) is 0 Å². The number of nitrogens with one attached hydrogen (secondary N) is 1. The molecule has 2 aromatic heterocycles. The highest BCUT2D eigenvalue weighted by Crippen LogP contribution is 2.20. The Balaban J connectivity index is 1.66. The van der Waals surface area contributed by atoms with E-state index in [2.05, 4.69) is 15.4 Å². The van der Waals surface area contributed by atoms with Crippen LogP contribution in [0.5, 0.6) is 0 Å². The average Bonchev–Trinajstić information content (AvgIpc) is 2.92. The molecule has 1 atom stereocenters. The summed E-state index contributed by atoms with van der Waals surface area (Å²) in [5.41, 5.74) is 1.94. The molecule has 1 saturated heterocycles. The van der Waals surface area contributed by atoms with Crippen molar-refractivity contribution < 1.29 is 4.79 Å². The van der Waals surface area contributed by atoms with E-state index in [9.17, 15) is 4.79 Å². The Morgan fingerprint density at radius 2 is 2.29 bits per heavy atom. The predicted molar refractivity (Wildman–Crippen MR) is 79.7 cm³/mol. The molecule has 0 radical (unpaired) electrons. The number of pyridine rings is 1. The van der Waals surface area contributed by atoms with Crippen molar-refractivity contribution in [3.8, 4) is 0 Å². The van der Waals surface area contributed by atoms with Gasteiger partial charge in [0.2, 0.25) is 5.91 Å². The first-order valence-electron chi connectivity index (χ1n) is 7.17. The third-order valence-electron chi connectivity index (χ3n) is 3.85. The fourth-order valence-electron chi connectivity index (χ4n) is 2.64. The van der Waals surface area contributed by atoms with Gasteiger partial charge in [0.15, 0.2) is 0 Å². The molecule has 110 valence electrons. The van der Waals surface area contributed by atoms with Crippen LogP contribution in [0.25, 0.3) is 0 Å². The van der Waals surface area contributed by atoms with Crippen LogP contribution in [0, 0.1) is 0 Å². The maximum Gasteiger partial charge on any atom is 0.244 e. The number of amides is 1. The van der Waals surface area contributed by atoms with Gasteiger partial charge in [-0.25, -0.2) is 0 Å². The van der Waals surface area contributed by atoms with Gasteiger partial charge in [-0.05, 0) is 31.0 Å². The van der Waals surface area contributed by atoms with Crippen molar-refractivity contribution in [2.75, 3.05) is 11.4 Å². The van der Waals surface area contributed by atoms with E-state index in [0.717, 1.165) is 30.8 Å². The molecule has 1 amide bonds. The van der Waals surface area contributed by atoms with E-state index in [1.807, 2.05) is 34.8 Å². The molecule has 1 aliphatic rings. The van der Waals surface area contributed by atoms with E-state index in [-0.39, 0.29) is 11.9 Å². The molecule has 0 aliphatic carbocycles. The molecule has 0 bridgehead atoms. The van der Waals surface area contributed by atoms with Crippen LogP contribution in [0.15, 0.2) is 36.8 Å². The van der Waals surface area contributed by atoms with Gasteiger partial charge in [-0.3, -0.25) is 14.5 Å². The quantitative estimate of drug-likeness (QED) is 0.913. The fraction of sp³-hybridized carbons (Fsp3) is 0.400. The highest BCUT2D eigenvalue weighted by Gasteiger charge is 2.29. The van der Waals surface area contributed by atoms with Gasteiger partial charge < -0.3 is 10.2 Å². The Hall–Kier alpha value is -2.21. The molecule has 21 heavy (non-hydrogen) atoms. The Bertz CT molecular complexity index is 610. The van der Waals surface area contributed by atoms with Crippen LogP contribution in [-0.4, -0.2) is 33.3 Å². The van der Waals surface area contributed by atoms with Crippen LogP contribution in [0.2, 0.25) is 0 Å². The molecule has 3 rings (SSSR count). The molecular formula is C15H19N5O. The zero-order valence-electron chi connectivity index (χ0n) is 12.1. The van der Waals surface area contributed by atoms with E-state index in [4.69, 9.17) is 0 Å². The predicted octanol–water partition coefficient (Wildman–Crippen LogP) is 1.10. The van der Waals surface area contributed by atoms with E-state index >= 15 is 0 Å². The largest absolute Gasteiger partial charge is 0.310 e. The summed E-state index contributed by atoms with van der Waals surface area (Å²) in [5, 5.41) is 7.48. The lowest BCUT2D eigenvalue weighted by molar-refractivity contribution is -0.121. The smallest absolute Gasteiger partial charge is 0.244 e. The van der Waals surface area contributed by atoms with Gasteiger partial charge in [0, 0.05) is 32.5 Å². The number of rotatable bonds is 4. The van der Waals surface area contributed by atoms with Gasteiger partial charge in [0.1, 0.15) is 0 Å². The minimum Gasteiger partial charge on any atom is -0.310 e. The van der Waals surface area contributed by atoms with Crippen LogP contribution >= 0.6 is 0 Å². The fourth-order valence-corrected chi connectivity index (χ4v) is 2.64. The summed E-state index contributed by atoms with van der Waals surface area (Å²) >= 11 is 0. The molecule has 3 heterocycles. The first-order valence-corrected chi connectivity index (χ1v) is 7.17. The number of nitrogens with zero attached hydrogens (tertiary/aromatic N) is 4. The topological polar surface area (TPSA) is 63.1 Å². The monoisotopic (exact) mass is 285 g/mol. The summed E-state index contributed by atoms with van der Waals surface area (Å²) in [6.07, 6.45) is 7.08. The number of aryl methyl sites for hydroxylation is 1. The van der Waals surface area contributed by atoms with Gasteiger partial charge in [-0.15, -0.1) is 0 Å². The normalized spacial score (nSPS) is 19.0. The Morgan fingerprint density at radius 1 is 1.38 bits per heavy atom. The summed E-state index contributed by atoms with van der Waals surface area (Å²) in [6, 6.07) is 5.59. The lowest BCUT2D eigenvalue weighted by Gasteiger charge is -2.32. The molecule has 6 heteroatoms. The van der Waals surface area contributed by atoms with Crippen molar-refractivity contribution in [3.05, 3.63) is 42.5 Å². The van der Waals surface area contributed by atoms with Gasteiger partial charge in [0.05, 0.1) is 23.6 Å². The van der Waals surface area contributed by atoms with Gasteiger partial charge in [-0.2, -0.15) is 5.10 Å². The first-order chi connectivity index (χ1) is 10.3. The zero-order valence-corrected chi connectivity index (χ0v) is 12.1. The number of piperidine rings is 1. The van der Waals surface area contributed by atoms with Crippen LogP contribution < -0.4 is 10.2 Å². The molecule has 0 spiro atoms. The Kier molecular flexibility index (Phi) is 3.96. The highest BCUT2D eigenvalue weighted by molar-refractivity contribution is 5.97. The van der Waals surface area contributed by atoms with E-state index in [1.54, 1.807) is 18.6 Å². The van der Waals surface area contributed by atoms with Crippen LogP contribution in [0.1, 0.15) is 18.5 Å². The Morgan fingerprint density at radius 3 is 3.00 bits per heavy atom. The molecule has 0 aromatic carbocycles. The maximum absolute atomic E-state index is 12.6.